The number of nitrogens with one attached hydrogen (secondary N) is 1. The molecule has 4 heteroatoms. The third-order valence-electron chi connectivity index (χ3n) is 4.34. The van der Waals surface area contributed by atoms with Gasteiger partial charge in [-0.05, 0) is 48.4 Å². The highest BCUT2D eigenvalue weighted by atomic mass is 79.9. The normalized spacial score (nSPS) is 17.5. The zero-order chi connectivity index (χ0) is 16.1. The van der Waals surface area contributed by atoms with Crippen LogP contribution in [0.15, 0.2) is 53.0 Å². The molecule has 0 aliphatic carbocycles. The van der Waals surface area contributed by atoms with E-state index in [1.165, 1.54) is 17.5 Å². The van der Waals surface area contributed by atoms with Crippen LogP contribution in [0.1, 0.15) is 23.6 Å². The average Bonchev–Trinajstić information content (AvgIpc) is 2.86. The summed E-state index contributed by atoms with van der Waals surface area (Å²) in [5.41, 5.74) is 2.61. The first-order valence-electron chi connectivity index (χ1n) is 8.12. The number of hydrogen-bond donors (Lipinski definition) is 1. The van der Waals surface area contributed by atoms with Gasteiger partial charge in [0.1, 0.15) is 5.75 Å². The number of nitrogens with zero attached hydrogens (tertiary/aromatic N) is 1. The van der Waals surface area contributed by atoms with E-state index in [0.29, 0.717) is 0 Å². The lowest BCUT2D eigenvalue weighted by molar-refractivity contribution is 0.240. The van der Waals surface area contributed by atoms with E-state index in [0.717, 1.165) is 36.4 Å². The molecule has 0 amide bonds. The minimum absolute atomic E-state index is 0.262. The summed E-state index contributed by atoms with van der Waals surface area (Å²) in [6, 6.07) is 17.4. The predicted molar refractivity (Wildman–Crippen MR) is 98.0 cm³/mol. The van der Waals surface area contributed by atoms with Gasteiger partial charge < -0.3 is 10.1 Å². The molecule has 1 saturated heterocycles. The predicted octanol–water partition coefficient (Wildman–Crippen LogP) is 3.84. The third kappa shape index (κ3) is 4.14. The first kappa shape index (κ1) is 16.5. The van der Waals surface area contributed by atoms with Gasteiger partial charge in [-0.3, -0.25) is 4.90 Å². The molecule has 0 aromatic heterocycles. The summed E-state index contributed by atoms with van der Waals surface area (Å²) in [7, 11) is 1.73. The van der Waals surface area contributed by atoms with Gasteiger partial charge in [0.15, 0.2) is 0 Å². The standard InChI is InChI=1S/C19H23BrN2O/c1-23-18-5-2-4-16(14-18)19(15-6-8-17(20)9-7-15)22-12-3-10-21-11-13-22/h2,4-9,14,19,21H,3,10-13H2,1H3. The van der Waals surface area contributed by atoms with Crippen molar-refractivity contribution < 1.29 is 4.74 Å². The highest BCUT2D eigenvalue weighted by molar-refractivity contribution is 9.10. The molecule has 1 heterocycles. The summed E-state index contributed by atoms with van der Waals surface area (Å²) in [4.78, 5) is 2.57. The maximum absolute atomic E-state index is 5.43. The summed E-state index contributed by atoms with van der Waals surface area (Å²) >= 11 is 3.54. The molecular formula is C19H23BrN2O. The Hall–Kier alpha value is -1.36. The van der Waals surface area contributed by atoms with Crippen molar-refractivity contribution in [2.75, 3.05) is 33.3 Å². The van der Waals surface area contributed by atoms with Crippen LogP contribution in [0.2, 0.25) is 0 Å². The van der Waals surface area contributed by atoms with Crippen molar-refractivity contribution in [1.29, 1.82) is 0 Å². The van der Waals surface area contributed by atoms with Crippen LogP contribution in [0.25, 0.3) is 0 Å². The zero-order valence-corrected chi connectivity index (χ0v) is 15.1. The van der Waals surface area contributed by atoms with Crippen LogP contribution in [0.3, 0.4) is 0 Å². The van der Waals surface area contributed by atoms with Gasteiger partial charge in [-0.25, -0.2) is 0 Å². The van der Waals surface area contributed by atoms with Crippen molar-refractivity contribution in [3.05, 3.63) is 64.1 Å². The number of halogens is 1. The number of rotatable bonds is 4. The fourth-order valence-corrected chi connectivity index (χ4v) is 3.46. The van der Waals surface area contributed by atoms with Gasteiger partial charge >= 0.3 is 0 Å². The Balaban J connectivity index is 1.99. The van der Waals surface area contributed by atoms with Crippen LogP contribution in [0.5, 0.6) is 5.75 Å². The summed E-state index contributed by atoms with van der Waals surface area (Å²) in [5, 5.41) is 3.49. The largest absolute Gasteiger partial charge is 0.497 e. The van der Waals surface area contributed by atoms with E-state index in [-0.39, 0.29) is 6.04 Å². The maximum Gasteiger partial charge on any atom is 0.119 e. The minimum Gasteiger partial charge on any atom is -0.497 e. The molecule has 1 fully saturated rings. The second-order valence-electron chi connectivity index (χ2n) is 5.87. The molecule has 0 radical (unpaired) electrons. The molecule has 2 aromatic carbocycles. The van der Waals surface area contributed by atoms with Crippen LogP contribution in [-0.2, 0) is 0 Å². The summed E-state index contributed by atoms with van der Waals surface area (Å²) < 4.78 is 6.55. The lowest BCUT2D eigenvalue weighted by Gasteiger charge is -2.31. The quantitative estimate of drug-likeness (QED) is 0.879. The Labute approximate surface area is 146 Å². The molecule has 23 heavy (non-hydrogen) atoms. The molecule has 1 aliphatic heterocycles. The van der Waals surface area contributed by atoms with E-state index in [1.807, 2.05) is 6.07 Å². The molecule has 0 spiro atoms. The van der Waals surface area contributed by atoms with E-state index >= 15 is 0 Å². The molecule has 3 rings (SSSR count). The van der Waals surface area contributed by atoms with Crippen LogP contribution >= 0.6 is 15.9 Å². The first-order chi connectivity index (χ1) is 11.3. The highest BCUT2D eigenvalue weighted by Crippen LogP contribution is 2.31. The highest BCUT2D eigenvalue weighted by Gasteiger charge is 2.23. The lowest BCUT2D eigenvalue weighted by Crippen LogP contribution is -2.33. The summed E-state index contributed by atoms with van der Waals surface area (Å²) in [6.07, 6.45) is 1.18. The minimum atomic E-state index is 0.262. The molecule has 3 nitrogen and oxygen atoms in total. The Morgan fingerprint density at radius 2 is 1.87 bits per heavy atom. The molecule has 1 aliphatic rings. The van der Waals surface area contributed by atoms with Gasteiger partial charge in [0, 0.05) is 24.1 Å². The second kappa shape index (κ2) is 7.95. The Morgan fingerprint density at radius 3 is 2.65 bits per heavy atom. The van der Waals surface area contributed by atoms with Gasteiger partial charge in [-0.15, -0.1) is 0 Å². The Morgan fingerprint density at radius 1 is 1.04 bits per heavy atom. The fourth-order valence-electron chi connectivity index (χ4n) is 3.20. The number of ether oxygens (including phenoxy) is 1. The van der Waals surface area contributed by atoms with E-state index in [4.69, 9.17) is 4.74 Å². The maximum atomic E-state index is 5.43. The van der Waals surface area contributed by atoms with Crippen molar-refractivity contribution in [2.45, 2.75) is 12.5 Å². The van der Waals surface area contributed by atoms with Crippen molar-refractivity contribution in [1.82, 2.24) is 10.2 Å². The van der Waals surface area contributed by atoms with E-state index in [1.54, 1.807) is 7.11 Å². The van der Waals surface area contributed by atoms with Crippen LogP contribution < -0.4 is 10.1 Å². The van der Waals surface area contributed by atoms with Crippen LogP contribution in [0, 0.1) is 0 Å². The Bertz CT molecular complexity index is 622. The Kier molecular flexibility index (Phi) is 5.70. The summed E-state index contributed by atoms with van der Waals surface area (Å²) in [6.45, 7) is 4.29. The van der Waals surface area contributed by atoms with Crippen molar-refractivity contribution in [2.24, 2.45) is 0 Å². The van der Waals surface area contributed by atoms with Crippen LogP contribution in [-0.4, -0.2) is 38.2 Å². The third-order valence-corrected chi connectivity index (χ3v) is 4.86. The van der Waals surface area contributed by atoms with Crippen molar-refractivity contribution in [3.8, 4) is 5.75 Å². The van der Waals surface area contributed by atoms with E-state index < -0.39 is 0 Å². The second-order valence-corrected chi connectivity index (χ2v) is 6.79. The zero-order valence-electron chi connectivity index (χ0n) is 13.5. The number of hydrogen-bond acceptors (Lipinski definition) is 3. The smallest absolute Gasteiger partial charge is 0.119 e. The topological polar surface area (TPSA) is 24.5 Å². The molecule has 122 valence electrons. The monoisotopic (exact) mass is 374 g/mol. The molecule has 1 unspecified atom stereocenters. The van der Waals surface area contributed by atoms with E-state index in [2.05, 4.69) is 68.6 Å². The van der Waals surface area contributed by atoms with Crippen molar-refractivity contribution >= 4 is 15.9 Å². The van der Waals surface area contributed by atoms with Crippen molar-refractivity contribution in [3.63, 3.8) is 0 Å². The average molecular weight is 375 g/mol. The van der Waals surface area contributed by atoms with E-state index in [9.17, 15) is 0 Å². The molecular weight excluding hydrogens is 352 g/mol. The molecule has 0 bridgehead atoms. The fraction of sp³-hybridized carbons (Fsp3) is 0.368. The molecule has 0 saturated carbocycles. The van der Waals surface area contributed by atoms with Gasteiger partial charge in [0.25, 0.3) is 0 Å². The molecule has 1 atom stereocenters. The van der Waals surface area contributed by atoms with Gasteiger partial charge in [0.05, 0.1) is 13.2 Å². The molecule has 1 N–H and O–H groups in total. The van der Waals surface area contributed by atoms with Gasteiger partial charge in [0.2, 0.25) is 0 Å². The van der Waals surface area contributed by atoms with Gasteiger partial charge in [-0.1, -0.05) is 40.2 Å². The SMILES string of the molecule is COc1cccc(C(c2ccc(Br)cc2)N2CCCNCC2)c1. The lowest BCUT2D eigenvalue weighted by atomic mass is 9.96. The first-order valence-corrected chi connectivity index (χ1v) is 8.91. The summed E-state index contributed by atoms with van der Waals surface area (Å²) in [5.74, 6) is 0.914. The van der Waals surface area contributed by atoms with Gasteiger partial charge in [-0.2, -0.15) is 0 Å². The number of benzene rings is 2. The number of methoxy groups -OCH3 is 1. The molecule has 2 aromatic rings. The van der Waals surface area contributed by atoms with Crippen LogP contribution in [0.4, 0.5) is 0 Å².